The number of amides is 1. The fraction of sp³-hybridized carbons (Fsp3) is 0.0769. The molecule has 0 aliphatic heterocycles. The van der Waals surface area contributed by atoms with E-state index < -0.39 is 0 Å². The molecule has 0 saturated carbocycles. The lowest BCUT2D eigenvalue weighted by atomic mass is 10.2. The van der Waals surface area contributed by atoms with Crippen LogP contribution in [0.2, 0.25) is 0 Å². The topological polar surface area (TPSA) is 103 Å². The summed E-state index contributed by atoms with van der Waals surface area (Å²) in [7, 11) is 0. The molecule has 0 radical (unpaired) electrons. The van der Waals surface area contributed by atoms with Crippen molar-refractivity contribution in [3.63, 3.8) is 0 Å². The fourth-order valence-corrected chi connectivity index (χ4v) is 1.60. The number of anilines is 1. The van der Waals surface area contributed by atoms with Crippen molar-refractivity contribution in [3.05, 3.63) is 43.0 Å². The number of nitrogens with zero attached hydrogens (tertiary/aromatic N) is 3. The molecule has 0 fully saturated rings. The van der Waals surface area contributed by atoms with Crippen LogP contribution in [0.15, 0.2) is 51.9 Å². The summed E-state index contributed by atoms with van der Waals surface area (Å²) in [6.07, 6.45) is 2.63. The Bertz CT molecular complexity index is 692. The Morgan fingerprint density at radius 3 is 2.76 bits per heavy atom. The maximum absolute atomic E-state index is 11.6. The summed E-state index contributed by atoms with van der Waals surface area (Å²) in [5.41, 5.74) is 0.770. The van der Waals surface area contributed by atoms with Gasteiger partial charge in [0.15, 0.2) is 12.4 Å². The maximum Gasteiger partial charge on any atom is 0.263 e. The van der Waals surface area contributed by atoms with Gasteiger partial charge in [0.05, 0.1) is 0 Å². The first-order valence-corrected chi connectivity index (χ1v) is 6.01. The van der Waals surface area contributed by atoms with Crippen LogP contribution < -0.4 is 10.1 Å². The first-order chi connectivity index (χ1) is 10.3. The Morgan fingerprint density at radius 2 is 2.10 bits per heavy atom. The predicted molar refractivity (Wildman–Crippen MR) is 70.4 cm³/mol. The highest BCUT2D eigenvalue weighted by atomic mass is 16.5. The van der Waals surface area contributed by atoms with E-state index in [0.717, 1.165) is 5.56 Å². The summed E-state index contributed by atoms with van der Waals surface area (Å²) in [5.74, 6) is 0.985. The molecular weight excluding hydrogens is 276 g/mol. The molecule has 1 amide bonds. The van der Waals surface area contributed by atoms with Gasteiger partial charge in [-0.15, -0.1) is 10.2 Å². The summed E-state index contributed by atoms with van der Waals surface area (Å²) in [6, 6.07) is 8.49. The van der Waals surface area contributed by atoms with Crippen molar-refractivity contribution in [2.45, 2.75) is 0 Å². The van der Waals surface area contributed by atoms with E-state index in [1.54, 1.807) is 24.3 Å². The zero-order valence-corrected chi connectivity index (χ0v) is 10.7. The number of nitrogens with one attached hydrogen (secondary N) is 1. The van der Waals surface area contributed by atoms with Gasteiger partial charge in [0.2, 0.25) is 12.3 Å². The second-order valence-corrected chi connectivity index (χ2v) is 3.99. The molecule has 0 saturated heterocycles. The van der Waals surface area contributed by atoms with Gasteiger partial charge in [0.1, 0.15) is 12.0 Å². The third-order valence-electron chi connectivity index (χ3n) is 2.54. The van der Waals surface area contributed by atoms with Gasteiger partial charge in [-0.2, -0.15) is 0 Å². The molecule has 0 bridgehead atoms. The van der Waals surface area contributed by atoms with Crippen LogP contribution in [0.25, 0.3) is 11.5 Å². The highest BCUT2D eigenvalue weighted by Crippen LogP contribution is 2.20. The molecule has 0 spiro atoms. The average molecular weight is 286 g/mol. The number of rotatable bonds is 5. The van der Waals surface area contributed by atoms with Crippen LogP contribution in [0.3, 0.4) is 0 Å². The van der Waals surface area contributed by atoms with E-state index in [2.05, 4.69) is 25.2 Å². The zero-order chi connectivity index (χ0) is 14.5. The van der Waals surface area contributed by atoms with Gasteiger partial charge in [0.25, 0.3) is 5.91 Å². The molecule has 21 heavy (non-hydrogen) atoms. The highest BCUT2D eigenvalue weighted by Gasteiger charge is 2.07. The summed E-state index contributed by atoms with van der Waals surface area (Å²) in [5, 5.41) is 13.5. The Morgan fingerprint density at radius 1 is 1.24 bits per heavy atom. The van der Waals surface area contributed by atoms with Crippen molar-refractivity contribution >= 4 is 11.7 Å². The van der Waals surface area contributed by atoms with Crippen LogP contribution in [0.5, 0.6) is 5.75 Å². The van der Waals surface area contributed by atoms with Gasteiger partial charge < -0.3 is 19.0 Å². The van der Waals surface area contributed by atoms with Crippen LogP contribution in [0.4, 0.5) is 5.82 Å². The van der Waals surface area contributed by atoms with Crippen LogP contribution in [0.1, 0.15) is 0 Å². The zero-order valence-electron chi connectivity index (χ0n) is 10.7. The van der Waals surface area contributed by atoms with E-state index in [4.69, 9.17) is 9.15 Å². The molecule has 3 aromatic rings. The van der Waals surface area contributed by atoms with E-state index >= 15 is 0 Å². The number of carbonyl (C=O) groups is 1. The molecular formula is C13H10N4O4. The van der Waals surface area contributed by atoms with Crippen molar-refractivity contribution in [1.82, 2.24) is 15.4 Å². The SMILES string of the molecule is O=C(COc1ccc(-c2nnco2)cc1)Nc1ccon1. The van der Waals surface area contributed by atoms with E-state index in [9.17, 15) is 4.79 Å². The molecule has 106 valence electrons. The number of ether oxygens (including phenoxy) is 1. The van der Waals surface area contributed by atoms with Crippen molar-refractivity contribution < 1.29 is 18.5 Å². The number of aromatic nitrogens is 3. The van der Waals surface area contributed by atoms with E-state index in [1.807, 2.05) is 0 Å². The lowest BCUT2D eigenvalue weighted by Gasteiger charge is -2.05. The maximum atomic E-state index is 11.6. The monoisotopic (exact) mass is 286 g/mol. The fourth-order valence-electron chi connectivity index (χ4n) is 1.60. The molecule has 0 atom stereocenters. The quantitative estimate of drug-likeness (QED) is 0.761. The molecule has 8 nitrogen and oxygen atoms in total. The first-order valence-electron chi connectivity index (χ1n) is 6.01. The Labute approximate surface area is 118 Å². The molecule has 0 unspecified atom stereocenters. The summed E-state index contributed by atoms with van der Waals surface area (Å²) < 4.78 is 15.0. The summed E-state index contributed by atoms with van der Waals surface area (Å²) in [6.45, 7) is -0.132. The molecule has 8 heteroatoms. The van der Waals surface area contributed by atoms with E-state index in [0.29, 0.717) is 17.5 Å². The van der Waals surface area contributed by atoms with Gasteiger partial charge in [-0.1, -0.05) is 5.16 Å². The molecule has 0 aliphatic rings. The minimum absolute atomic E-state index is 0.132. The minimum Gasteiger partial charge on any atom is -0.484 e. The Balaban J connectivity index is 1.55. The van der Waals surface area contributed by atoms with Crippen LogP contribution in [0, 0.1) is 0 Å². The molecule has 3 rings (SSSR count). The third-order valence-corrected chi connectivity index (χ3v) is 2.54. The van der Waals surface area contributed by atoms with Gasteiger partial charge in [-0.3, -0.25) is 4.79 Å². The smallest absolute Gasteiger partial charge is 0.263 e. The Kier molecular flexibility index (Phi) is 3.59. The van der Waals surface area contributed by atoms with Crippen molar-refractivity contribution in [2.75, 3.05) is 11.9 Å². The van der Waals surface area contributed by atoms with Crippen LogP contribution >= 0.6 is 0 Å². The highest BCUT2D eigenvalue weighted by molar-refractivity contribution is 5.90. The molecule has 1 aromatic carbocycles. The number of carbonyl (C=O) groups excluding carboxylic acids is 1. The number of hydrogen-bond acceptors (Lipinski definition) is 7. The minimum atomic E-state index is -0.329. The van der Waals surface area contributed by atoms with Gasteiger partial charge in [-0.25, -0.2) is 0 Å². The molecule has 1 N–H and O–H groups in total. The molecule has 2 heterocycles. The van der Waals surface area contributed by atoms with Crippen LogP contribution in [-0.2, 0) is 4.79 Å². The second kappa shape index (κ2) is 5.87. The van der Waals surface area contributed by atoms with Crippen molar-refractivity contribution in [1.29, 1.82) is 0 Å². The first kappa shape index (κ1) is 12.9. The lowest BCUT2D eigenvalue weighted by molar-refractivity contribution is -0.118. The third kappa shape index (κ3) is 3.24. The van der Waals surface area contributed by atoms with Gasteiger partial charge in [-0.05, 0) is 24.3 Å². The summed E-state index contributed by atoms with van der Waals surface area (Å²) >= 11 is 0. The standard InChI is InChI=1S/C13H10N4O4/c18-12(15-11-5-6-21-17-11)7-19-10-3-1-9(2-4-10)13-16-14-8-20-13/h1-6,8H,7H2,(H,15,17,18). The number of benzene rings is 1. The summed E-state index contributed by atoms with van der Waals surface area (Å²) in [4.78, 5) is 11.6. The largest absolute Gasteiger partial charge is 0.484 e. The Hall–Kier alpha value is -3.16. The van der Waals surface area contributed by atoms with Gasteiger partial charge >= 0.3 is 0 Å². The molecule has 0 aliphatic carbocycles. The second-order valence-electron chi connectivity index (χ2n) is 3.99. The number of hydrogen-bond donors (Lipinski definition) is 1. The van der Waals surface area contributed by atoms with E-state index in [1.165, 1.54) is 18.7 Å². The average Bonchev–Trinajstić information content (AvgIpc) is 3.19. The van der Waals surface area contributed by atoms with E-state index in [-0.39, 0.29) is 12.5 Å². The van der Waals surface area contributed by atoms with Gasteiger partial charge in [0, 0.05) is 11.6 Å². The molecule has 2 aromatic heterocycles. The normalized spacial score (nSPS) is 10.3. The van der Waals surface area contributed by atoms with Crippen molar-refractivity contribution in [2.24, 2.45) is 0 Å². The van der Waals surface area contributed by atoms with Crippen LogP contribution in [-0.4, -0.2) is 27.9 Å². The van der Waals surface area contributed by atoms with Crippen molar-refractivity contribution in [3.8, 4) is 17.2 Å². The lowest BCUT2D eigenvalue weighted by Crippen LogP contribution is -2.20. The predicted octanol–water partition coefficient (Wildman–Crippen LogP) is 1.74.